The number of urea groups is 1. The first-order chi connectivity index (χ1) is 9.58. The zero-order valence-electron chi connectivity index (χ0n) is 10.8. The number of imide groups is 2. The molecule has 0 spiro atoms. The maximum atomic E-state index is 11.5. The Kier molecular flexibility index (Phi) is 3.95. The number of barbiturate groups is 1. The molecule has 20 heavy (non-hydrogen) atoms. The number of hydrogen-bond donors (Lipinski definition) is 2. The van der Waals surface area contributed by atoms with Gasteiger partial charge in [-0.2, -0.15) is 0 Å². The van der Waals surface area contributed by atoms with Gasteiger partial charge in [-0.15, -0.1) is 0 Å². The van der Waals surface area contributed by atoms with Gasteiger partial charge in [0.05, 0.1) is 0 Å². The minimum Gasteiger partial charge on any atom is -0.351 e. The zero-order chi connectivity index (χ0) is 14.5. The summed E-state index contributed by atoms with van der Waals surface area (Å²) in [7, 11) is 1.84. The van der Waals surface area contributed by atoms with Crippen LogP contribution in [0, 0.1) is 0 Å². The Balaban J connectivity index is 2.08. The van der Waals surface area contributed by atoms with Crippen LogP contribution in [0.5, 0.6) is 0 Å². The van der Waals surface area contributed by atoms with Gasteiger partial charge in [0.2, 0.25) is 0 Å². The fraction of sp³-hybridized carbons (Fsp3) is 0.0714. The number of benzene rings is 1. The largest absolute Gasteiger partial charge is 0.351 e. The summed E-state index contributed by atoms with van der Waals surface area (Å²) < 4.78 is 0. The maximum absolute atomic E-state index is 11.5. The summed E-state index contributed by atoms with van der Waals surface area (Å²) in [6, 6.07) is 8.78. The molecule has 0 aromatic heterocycles. The SMILES string of the molecule is CN(/C=C/C=C1C(=O)NC(=O)NC1=O)c1ccccc1. The standard InChI is InChI=1S/C14H13N3O3/c1-17(10-6-3-2-4-7-10)9-5-8-11-12(18)15-14(20)16-13(11)19/h2-9H,1H3,(H2,15,16,18,19,20)/b9-5+. The fourth-order valence-corrected chi connectivity index (χ4v) is 1.64. The van der Waals surface area contributed by atoms with Gasteiger partial charge in [-0.1, -0.05) is 18.2 Å². The highest BCUT2D eigenvalue weighted by Gasteiger charge is 2.26. The van der Waals surface area contributed by atoms with Gasteiger partial charge in [-0.05, 0) is 24.3 Å². The van der Waals surface area contributed by atoms with Crippen LogP contribution in [0.3, 0.4) is 0 Å². The molecule has 1 aliphatic rings. The van der Waals surface area contributed by atoms with Crippen molar-refractivity contribution in [3.63, 3.8) is 0 Å². The van der Waals surface area contributed by atoms with Crippen molar-refractivity contribution in [2.75, 3.05) is 11.9 Å². The smallest absolute Gasteiger partial charge is 0.328 e. The second kappa shape index (κ2) is 5.83. The Morgan fingerprint density at radius 1 is 1.00 bits per heavy atom. The number of carbonyl (C=O) groups is 3. The Morgan fingerprint density at radius 2 is 1.60 bits per heavy atom. The monoisotopic (exact) mass is 271 g/mol. The highest BCUT2D eigenvalue weighted by molar-refractivity contribution is 6.29. The van der Waals surface area contributed by atoms with E-state index in [1.807, 2.05) is 52.9 Å². The van der Waals surface area contributed by atoms with Crippen molar-refractivity contribution in [1.82, 2.24) is 10.6 Å². The molecule has 6 nitrogen and oxygen atoms in total. The third-order valence-corrected chi connectivity index (χ3v) is 2.68. The molecular formula is C14H13N3O3. The molecule has 0 radical (unpaired) electrons. The topological polar surface area (TPSA) is 78.5 Å². The Labute approximate surface area is 115 Å². The van der Waals surface area contributed by atoms with Crippen LogP contribution in [0.4, 0.5) is 10.5 Å². The molecule has 1 aromatic rings. The average molecular weight is 271 g/mol. The summed E-state index contributed by atoms with van der Waals surface area (Å²) >= 11 is 0. The number of rotatable bonds is 3. The lowest BCUT2D eigenvalue weighted by molar-refractivity contribution is -0.124. The van der Waals surface area contributed by atoms with Crippen LogP contribution in [0.25, 0.3) is 0 Å². The van der Waals surface area contributed by atoms with Crippen LogP contribution >= 0.6 is 0 Å². The molecule has 1 heterocycles. The first-order valence-corrected chi connectivity index (χ1v) is 5.91. The quantitative estimate of drug-likeness (QED) is 0.633. The average Bonchev–Trinajstić information content (AvgIpc) is 2.42. The number of amides is 4. The third-order valence-electron chi connectivity index (χ3n) is 2.68. The predicted molar refractivity (Wildman–Crippen MR) is 73.7 cm³/mol. The van der Waals surface area contributed by atoms with Crippen molar-refractivity contribution >= 4 is 23.5 Å². The Bertz CT molecular complexity index is 583. The van der Waals surface area contributed by atoms with E-state index in [4.69, 9.17) is 0 Å². The first-order valence-electron chi connectivity index (χ1n) is 5.91. The van der Waals surface area contributed by atoms with E-state index in [0.717, 1.165) is 5.69 Å². The van der Waals surface area contributed by atoms with E-state index in [1.54, 1.807) is 12.3 Å². The van der Waals surface area contributed by atoms with E-state index in [0.29, 0.717) is 0 Å². The summed E-state index contributed by atoms with van der Waals surface area (Å²) in [5.41, 5.74) is 0.859. The second-order valence-electron chi connectivity index (χ2n) is 4.11. The van der Waals surface area contributed by atoms with Crippen LogP contribution < -0.4 is 15.5 Å². The van der Waals surface area contributed by atoms with Gasteiger partial charge in [0, 0.05) is 18.9 Å². The van der Waals surface area contributed by atoms with Gasteiger partial charge in [0.15, 0.2) is 0 Å². The lowest BCUT2D eigenvalue weighted by Crippen LogP contribution is -2.51. The second-order valence-corrected chi connectivity index (χ2v) is 4.11. The number of anilines is 1. The van der Waals surface area contributed by atoms with Crippen molar-refractivity contribution in [1.29, 1.82) is 0 Å². The van der Waals surface area contributed by atoms with E-state index in [2.05, 4.69) is 0 Å². The van der Waals surface area contributed by atoms with Gasteiger partial charge in [-0.3, -0.25) is 20.2 Å². The molecule has 0 saturated carbocycles. The van der Waals surface area contributed by atoms with Gasteiger partial charge >= 0.3 is 6.03 Å². The van der Waals surface area contributed by atoms with E-state index < -0.39 is 17.8 Å². The van der Waals surface area contributed by atoms with Crippen LogP contribution in [0.15, 0.2) is 54.3 Å². The molecule has 0 unspecified atom stereocenters. The van der Waals surface area contributed by atoms with Crippen LogP contribution in [-0.2, 0) is 9.59 Å². The van der Waals surface area contributed by atoms with Crippen LogP contribution in [0.1, 0.15) is 0 Å². The molecule has 1 saturated heterocycles. The molecule has 2 N–H and O–H groups in total. The summed E-state index contributed by atoms with van der Waals surface area (Å²) in [4.78, 5) is 35.6. The third kappa shape index (κ3) is 3.11. The minimum atomic E-state index is -0.803. The van der Waals surface area contributed by atoms with Crippen LogP contribution in [0.2, 0.25) is 0 Å². The molecule has 0 bridgehead atoms. The lowest BCUT2D eigenvalue weighted by Gasteiger charge is -2.14. The molecule has 4 amide bonds. The molecule has 102 valence electrons. The Morgan fingerprint density at radius 3 is 2.20 bits per heavy atom. The first kappa shape index (κ1) is 13.5. The number of carbonyl (C=O) groups excluding carboxylic acids is 3. The minimum absolute atomic E-state index is 0.109. The summed E-state index contributed by atoms with van der Waals surface area (Å²) in [6.45, 7) is 0. The number of allylic oxidation sites excluding steroid dienone is 2. The molecule has 6 heteroatoms. The summed E-state index contributed by atoms with van der Waals surface area (Å²) in [6.07, 6.45) is 4.63. The molecule has 0 atom stereocenters. The van der Waals surface area contributed by atoms with E-state index >= 15 is 0 Å². The zero-order valence-corrected chi connectivity index (χ0v) is 10.8. The number of nitrogens with one attached hydrogen (secondary N) is 2. The van der Waals surface area contributed by atoms with E-state index in [9.17, 15) is 14.4 Å². The summed E-state index contributed by atoms with van der Waals surface area (Å²) in [5, 5.41) is 4.01. The highest BCUT2D eigenvalue weighted by Crippen LogP contribution is 2.11. The Hall–Kier alpha value is -2.89. The molecule has 1 aliphatic heterocycles. The van der Waals surface area contributed by atoms with Crippen molar-refractivity contribution in [3.8, 4) is 0 Å². The van der Waals surface area contributed by atoms with Gasteiger partial charge in [-0.25, -0.2) is 4.79 Å². The fourth-order valence-electron chi connectivity index (χ4n) is 1.64. The number of hydrogen-bond acceptors (Lipinski definition) is 4. The summed E-state index contributed by atoms with van der Waals surface area (Å²) in [5.74, 6) is -1.41. The maximum Gasteiger partial charge on any atom is 0.328 e. The van der Waals surface area contributed by atoms with Crippen molar-refractivity contribution in [3.05, 3.63) is 54.3 Å². The van der Waals surface area contributed by atoms with E-state index in [1.165, 1.54) is 6.08 Å². The number of nitrogens with zero attached hydrogens (tertiary/aromatic N) is 1. The predicted octanol–water partition coefficient (Wildman–Crippen LogP) is 0.929. The molecular weight excluding hydrogens is 258 g/mol. The van der Waals surface area contributed by atoms with Crippen molar-refractivity contribution in [2.45, 2.75) is 0 Å². The van der Waals surface area contributed by atoms with Gasteiger partial charge in [0.25, 0.3) is 11.8 Å². The van der Waals surface area contributed by atoms with E-state index in [-0.39, 0.29) is 5.57 Å². The van der Waals surface area contributed by atoms with Crippen molar-refractivity contribution < 1.29 is 14.4 Å². The highest BCUT2D eigenvalue weighted by atomic mass is 16.2. The van der Waals surface area contributed by atoms with Gasteiger partial charge in [0.1, 0.15) is 5.57 Å². The molecule has 1 fully saturated rings. The van der Waals surface area contributed by atoms with Crippen LogP contribution in [-0.4, -0.2) is 24.9 Å². The van der Waals surface area contributed by atoms with Crippen molar-refractivity contribution in [2.24, 2.45) is 0 Å². The normalized spacial score (nSPS) is 15.1. The molecule has 0 aliphatic carbocycles. The lowest BCUT2D eigenvalue weighted by atomic mass is 10.2. The molecule has 1 aromatic carbocycles. The van der Waals surface area contributed by atoms with Gasteiger partial charge < -0.3 is 4.90 Å². The number of para-hydroxylation sites is 1. The molecule has 2 rings (SSSR count).